The van der Waals surface area contributed by atoms with Crippen LogP contribution in [0.2, 0.25) is 0 Å². The second-order valence-corrected chi connectivity index (χ2v) is 4.93. The Labute approximate surface area is 149 Å². The lowest BCUT2D eigenvalue weighted by molar-refractivity contribution is 0.152. The molecule has 0 spiro atoms. The molecule has 1 aromatic heterocycles. The molecule has 0 amide bonds. The highest BCUT2D eigenvalue weighted by Gasteiger charge is 2.09. The van der Waals surface area contributed by atoms with Gasteiger partial charge in [0.05, 0.1) is 6.61 Å². The molecule has 128 valence electrons. The Morgan fingerprint density at radius 3 is 2.64 bits per heavy atom. The van der Waals surface area contributed by atoms with Crippen LogP contribution in [-0.2, 0) is 11.2 Å². The van der Waals surface area contributed by atoms with Gasteiger partial charge in [0.2, 0.25) is 5.89 Å². The Kier molecular flexibility index (Phi) is 12.1. The summed E-state index contributed by atoms with van der Waals surface area (Å²) >= 11 is 0. The van der Waals surface area contributed by atoms with Crippen molar-refractivity contribution in [3.63, 3.8) is 0 Å². The van der Waals surface area contributed by atoms with Crippen LogP contribution < -0.4 is 10.6 Å². The van der Waals surface area contributed by atoms with Crippen molar-refractivity contribution in [2.24, 2.45) is 4.99 Å². The predicted octanol–water partition coefficient (Wildman–Crippen LogP) is 1.95. The lowest BCUT2D eigenvalue weighted by Gasteiger charge is -2.11. The fraction of sp³-hybridized carbons (Fsp3) is 0.786. The normalized spacial score (nSPS) is 11.4. The summed E-state index contributed by atoms with van der Waals surface area (Å²) in [5.74, 6) is 2.54. The molecule has 0 aromatic carbocycles. The van der Waals surface area contributed by atoms with Gasteiger partial charge in [0, 0.05) is 39.1 Å². The average molecular weight is 425 g/mol. The number of nitrogens with zero attached hydrogens (tertiary/aromatic N) is 3. The highest BCUT2D eigenvalue weighted by atomic mass is 127. The van der Waals surface area contributed by atoms with E-state index < -0.39 is 0 Å². The third-order valence-corrected chi connectivity index (χ3v) is 2.83. The van der Waals surface area contributed by atoms with Gasteiger partial charge >= 0.3 is 0 Å². The molecule has 1 aromatic rings. The minimum Gasteiger partial charge on any atom is -0.380 e. The zero-order valence-corrected chi connectivity index (χ0v) is 16.2. The number of ether oxygens (including phenoxy) is 1. The monoisotopic (exact) mass is 425 g/mol. The quantitative estimate of drug-likeness (QED) is 0.272. The summed E-state index contributed by atoms with van der Waals surface area (Å²) < 4.78 is 10.5. The first kappa shape index (κ1) is 21.1. The number of rotatable bonds is 9. The molecule has 0 aliphatic heterocycles. The summed E-state index contributed by atoms with van der Waals surface area (Å²) in [6.07, 6.45) is 1.68. The highest BCUT2D eigenvalue weighted by Crippen LogP contribution is 2.10. The average Bonchev–Trinajstić information content (AvgIpc) is 2.94. The summed E-state index contributed by atoms with van der Waals surface area (Å²) in [5.41, 5.74) is 0. The van der Waals surface area contributed by atoms with Crippen molar-refractivity contribution in [2.45, 2.75) is 39.5 Å². The van der Waals surface area contributed by atoms with Crippen molar-refractivity contribution >= 4 is 29.9 Å². The predicted molar refractivity (Wildman–Crippen MR) is 98.0 cm³/mol. The van der Waals surface area contributed by atoms with Gasteiger partial charge in [-0.3, -0.25) is 4.99 Å². The van der Waals surface area contributed by atoms with Crippen LogP contribution in [0.5, 0.6) is 0 Å². The van der Waals surface area contributed by atoms with Crippen LogP contribution >= 0.6 is 24.0 Å². The summed E-state index contributed by atoms with van der Waals surface area (Å²) in [6, 6.07) is 0. The third kappa shape index (κ3) is 8.52. The van der Waals surface area contributed by atoms with E-state index in [0.29, 0.717) is 18.4 Å². The number of nitrogens with one attached hydrogen (secondary N) is 2. The maximum atomic E-state index is 5.26. The van der Waals surface area contributed by atoms with E-state index in [0.717, 1.165) is 44.3 Å². The van der Waals surface area contributed by atoms with Crippen molar-refractivity contribution in [3.8, 4) is 0 Å². The Bertz CT molecular complexity index is 423. The zero-order chi connectivity index (χ0) is 15.5. The second kappa shape index (κ2) is 12.6. The Balaban J connectivity index is 0.00000441. The minimum atomic E-state index is 0. The first-order valence-corrected chi connectivity index (χ1v) is 7.52. The van der Waals surface area contributed by atoms with Crippen LogP contribution in [0.4, 0.5) is 0 Å². The van der Waals surface area contributed by atoms with Crippen LogP contribution in [0.1, 0.15) is 44.8 Å². The standard InChI is InChI=1S/C14H27N5O2.HI/c1-5-20-10-9-17-14(15-4)16-8-6-7-12-18-13(11(2)3)19-21-12;/h11H,5-10H2,1-4H3,(H2,15,16,17);1H. The number of hydrogen-bond donors (Lipinski definition) is 2. The third-order valence-electron chi connectivity index (χ3n) is 2.83. The number of hydrogen-bond acceptors (Lipinski definition) is 5. The van der Waals surface area contributed by atoms with E-state index in [-0.39, 0.29) is 24.0 Å². The molecule has 0 bridgehead atoms. The van der Waals surface area contributed by atoms with E-state index in [1.165, 1.54) is 0 Å². The van der Waals surface area contributed by atoms with Gasteiger partial charge in [-0.15, -0.1) is 24.0 Å². The molecule has 0 unspecified atom stereocenters. The molecular weight excluding hydrogens is 397 g/mol. The minimum absolute atomic E-state index is 0. The number of guanidine groups is 1. The molecule has 7 nitrogen and oxygen atoms in total. The Morgan fingerprint density at radius 1 is 1.32 bits per heavy atom. The van der Waals surface area contributed by atoms with Crippen LogP contribution in [0.15, 0.2) is 9.52 Å². The van der Waals surface area contributed by atoms with Crippen molar-refractivity contribution < 1.29 is 9.26 Å². The first-order chi connectivity index (χ1) is 10.2. The number of aryl methyl sites for hydroxylation is 1. The van der Waals surface area contributed by atoms with E-state index in [2.05, 4.69) is 25.8 Å². The number of aliphatic imine (C=N–C) groups is 1. The Morgan fingerprint density at radius 2 is 2.05 bits per heavy atom. The fourth-order valence-electron chi connectivity index (χ4n) is 1.66. The molecule has 0 fully saturated rings. The number of aromatic nitrogens is 2. The topological polar surface area (TPSA) is 84.6 Å². The molecule has 1 rings (SSSR count). The molecule has 0 saturated heterocycles. The molecule has 0 atom stereocenters. The molecule has 0 aliphatic carbocycles. The van der Waals surface area contributed by atoms with Crippen molar-refractivity contribution in [2.75, 3.05) is 33.4 Å². The maximum Gasteiger partial charge on any atom is 0.226 e. The lowest BCUT2D eigenvalue weighted by Crippen LogP contribution is -2.39. The highest BCUT2D eigenvalue weighted by molar-refractivity contribution is 14.0. The van der Waals surface area contributed by atoms with E-state index in [4.69, 9.17) is 9.26 Å². The molecule has 1 heterocycles. The summed E-state index contributed by atoms with van der Waals surface area (Å²) in [6.45, 7) is 9.04. The van der Waals surface area contributed by atoms with Crippen LogP contribution in [0.3, 0.4) is 0 Å². The largest absolute Gasteiger partial charge is 0.380 e. The molecule has 0 radical (unpaired) electrons. The van der Waals surface area contributed by atoms with Crippen molar-refractivity contribution in [1.29, 1.82) is 0 Å². The summed E-state index contributed by atoms with van der Waals surface area (Å²) in [5, 5.41) is 10.4. The molecule has 0 aliphatic rings. The molecule has 8 heteroatoms. The molecule has 22 heavy (non-hydrogen) atoms. The van der Waals surface area contributed by atoms with Gasteiger partial charge in [0.15, 0.2) is 11.8 Å². The molecule has 2 N–H and O–H groups in total. The molecular formula is C14H28IN5O2. The van der Waals surface area contributed by atoms with Gasteiger partial charge in [-0.2, -0.15) is 4.98 Å². The fourth-order valence-corrected chi connectivity index (χ4v) is 1.66. The van der Waals surface area contributed by atoms with E-state index >= 15 is 0 Å². The van der Waals surface area contributed by atoms with Gasteiger partial charge in [0.1, 0.15) is 0 Å². The van der Waals surface area contributed by atoms with Gasteiger partial charge in [-0.1, -0.05) is 19.0 Å². The van der Waals surface area contributed by atoms with E-state index in [1.54, 1.807) is 7.05 Å². The van der Waals surface area contributed by atoms with E-state index in [9.17, 15) is 0 Å². The molecule has 0 saturated carbocycles. The summed E-state index contributed by atoms with van der Waals surface area (Å²) in [4.78, 5) is 8.49. The van der Waals surface area contributed by atoms with Gasteiger partial charge in [0.25, 0.3) is 0 Å². The van der Waals surface area contributed by atoms with Gasteiger partial charge in [-0.05, 0) is 13.3 Å². The Hall–Kier alpha value is -0.900. The zero-order valence-electron chi connectivity index (χ0n) is 13.9. The van der Waals surface area contributed by atoms with Crippen LogP contribution in [0, 0.1) is 0 Å². The smallest absolute Gasteiger partial charge is 0.226 e. The van der Waals surface area contributed by atoms with Crippen molar-refractivity contribution in [1.82, 2.24) is 20.8 Å². The maximum absolute atomic E-state index is 5.26. The van der Waals surface area contributed by atoms with Crippen LogP contribution in [0.25, 0.3) is 0 Å². The first-order valence-electron chi connectivity index (χ1n) is 7.52. The number of halogens is 1. The SMILES string of the molecule is CCOCCNC(=NC)NCCCc1nc(C(C)C)no1.I. The van der Waals surface area contributed by atoms with Gasteiger partial charge < -0.3 is 19.9 Å². The lowest BCUT2D eigenvalue weighted by atomic mass is 10.2. The van der Waals surface area contributed by atoms with Crippen molar-refractivity contribution in [3.05, 3.63) is 11.7 Å². The van der Waals surface area contributed by atoms with Gasteiger partial charge in [-0.25, -0.2) is 0 Å². The van der Waals surface area contributed by atoms with E-state index in [1.807, 2.05) is 20.8 Å². The second-order valence-electron chi connectivity index (χ2n) is 4.93. The van der Waals surface area contributed by atoms with Crippen LogP contribution in [-0.4, -0.2) is 49.5 Å². The summed E-state index contributed by atoms with van der Waals surface area (Å²) in [7, 11) is 1.75.